The van der Waals surface area contributed by atoms with Crippen LogP contribution in [-0.4, -0.2) is 47.5 Å². The van der Waals surface area contributed by atoms with E-state index in [1.807, 2.05) is 6.92 Å². The molecule has 2 N–H and O–H groups in total. The standard InChI is InChI=1S/C9H19NO2/c1-8(12)5-10-4-2-3-9(6-10)7-11/h8-9,11-12H,2-7H2,1H3. The van der Waals surface area contributed by atoms with Crippen molar-refractivity contribution in [2.24, 2.45) is 5.92 Å². The van der Waals surface area contributed by atoms with Crippen LogP contribution in [0.25, 0.3) is 0 Å². The number of hydrogen-bond donors (Lipinski definition) is 2. The van der Waals surface area contributed by atoms with Gasteiger partial charge in [-0.05, 0) is 32.2 Å². The fraction of sp³-hybridized carbons (Fsp3) is 1.00. The molecule has 72 valence electrons. The minimum absolute atomic E-state index is 0.248. The molecule has 0 saturated carbocycles. The number of likely N-dealkylation sites (tertiary alicyclic amines) is 1. The van der Waals surface area contributed by atoms with Crippen LogP contribution >= 0.6 is 0 Å². The summed E-state index contributed by atoms with van der Waals surface area (Å²) in [6.45, 7) is 4.86. The number of nitrogens with zero attached hydrogens (tertiary/aromatic N) is 1. The van der Waals surface area contributed by atoms with Crippen LogP contribution in [0.3, 0.4) is 0 Å². The van der Waals surface area contributed by atoms with Gasteiger partial charge in [-0.15, -0.1) is 0 Å². The third kappa shape index (κ3) is 3.09. The molecule has 0 amide bonds. The molecule has 0 radical (unpaired) electrons. The number of aliphatic hydroxyl groups excluding tert-OH is 2. The molecule has 1 heterocycles. The largest absolute Gasteiger partial charge is 0.396 e. The smallest absolute Gasteiger partial charge is 0.0639 e. The fourth-order valence-electron chi connectivity index (χ4n) is 1.84. The highest BCUT2D eigenvalue weighted by molar-refractivity contribution is 4.73. The Labute approximate surface area is 74.0 Å². The van der Waals surface area contributed by atoms with E-state index in [1.54, 1.807) is 0 Å². The first-order valence-electron chi connectivity index (χ1n) is 4.73. The molecule has 0 aliphatic carbocycles. The number of hydrogen-bond acceptors (Lipinski definition) is 3. The van der Waals surface area contributed by atoms with Gasteiger partial charge >= 0.3 is 0 Å². The highest BCUT2D eigenvalue weighted by atomic mass is 16.3. The Kier molecular flexibility index (Phi) is 3.98. The minimum Gasteiger partial charge on any atom is -0.396 e. The Morgan fingerprint density at radius 1 is 1.58 bits per heavy atom. The third-order valence-electron chi connectivity index (χ3n) is 2.38. The predicted molar refractivity (Wildman–Crippen MR) is 47.9 cm³/mol. The fourth-order valence-corrected chi connectivity index (χ4v) is 1.84. The second-order valence-corrected chi connectivity index (χ2v) is 3.80. The number of piperidine rings is 1. The summed E-state index contributed by atoms with van der Waals surface area (Å²) in [6, 6.07) is 0. The lowest BCUT2D eigenvalue weighted by Gasteiger charge is -2.32. The summed E-state index contributed by atoms with van der Waals surface area (Å²) in [5.74, 6) is 0.428. The van der Waals surface area contributed by atoms with Gasteiger partial charge in [0.1, 0.15) is 0 Å². The molecule has 3 nitrogen and oxygen atoms in total. The first-order valence-corrected chi connectivity index (χ1v) is 4.73. The molecule has 12 heavy (non-hydrogen) atoms. The van der Waals surface area contributed by atoms with Crippen LogP contribution in [0.4, 0.5) is 0 Å². The summed E-state index contributed by atoms with van der Waals surface area (Å²) in [5, 5.41) is 18.1. The minimum atomic E-state index is -0.248. The van der Waals surface area contributed by atoms with Gasteiger partial charge in [-0.2, -0.15) is 0 Å². The van der Waals surface area contributed by atoms with Crippen molar-refractivity contribution >= 4 is 0 Å². The van der Waals surface area contributed by atoms with Gasteiger partial charge in [-0.3, -0.25) is 0 Å². The van der Waals surface area contributed by atoms with E-state index in [2.05, 4.69) is 4.90 Å². The summed E-state index contributed by atoms with van der Waals surface area (Å²) >= 11 is 0. The summed E-state index contributed by atoms with van der Waals surface area (Å²) < 4.78 is 0. The van der Waals surface area contributed by atoms with Gasteiger partial charge in [0.2, 0.25) is 0 Å². The molecule has 0 aromatic rings. The van der Waals surface area contributed by atoms with E-state index in [1.165, 1.54) is 0 Å². The van der Waals surface area contributed by atoms with Gasteiger partial charge in [0.15, 0.2) is 0 Å². The second-order valence-electron chi connectivity index (χ2n) is 3.80. The Bertz CT molecular complexity index is 128. The zero-order chi connectivity index (χ0) is 8.97. The van der Waals surface area contributed by atoms with Crippen LogP contribution in [0, 0.1) is 5.92 Å². The Balaban J connectivity index is 2.25. The van der Waals surface area contributed by atoms with Crippen LogP contribution in [0.15, 0.2) is 0 Å². The molecule has 0 spiro atoms. The van der Waals surface area contributed by atoms with Gasteiger partial charge in [0, 0.05) is 19.7 Å². The van der Waals surface area contributed by atoms with E-state index in [0.717, 1.165) is 32.5 Å². The Hall–Kier alpha value is -0.120. The van der Waals surface area contributed by atoms with Crippen molar-refractivity contribution in [1.82, 2.24) is 4.90 Å². The van der Waals surface area contributed by atoms with Gasteiger partial charge in [0.05, 0.1) is 6.10 Å². The average molecular weight is 173 g/mol. The lowest BCUT2D eigenvalue weighted by atomic mass is 9.99. The molecule has 0 bridgehead atoms. The molecule has 2 atom stereocenters. The van der Waals surface area contributed by atoms with Crippen molar-refractivity contribution < 1.29 is 10.2 Å². The molecule has 1 aliphatic heterocycles. The molecule has 2 unspecified atom stereocenters. The van der Waals surface area contributed by atoms with E-state index >= 15 is 0 Å². The van der Waals surface area contributed by atoms with Crippen LogP contribution < -0.4 is 0 Å². The van der Waals surface area contributed by atoms with Crippen molar-refractivity contribution in [3.8, 4) is 0 Å². The zero-order valence-corrected chi connectivity index (χ0v) is 7.74. The van der Waals surface area contributed by atoms with Crippen molar-refractivity contribution in [2.75, 3.05) is 26.2 Å². The van der Waals surface area contributed by atoms with Gasteiger partial charge in [-0.25, -0.2) is 0 Å². The van der Waals surface area contributed by atoms with Gasteiger partial charge in [-0.1, -0.05) is 0 Å². The van der Waals surface area contributed by atoms with Crippen LogP contribution in [0.1, 0.15) is 19.8 Å². The molecule has 1 aliphatic rings. The lowest BCUT2D eigenvalue weighted by Crippen LogP contribution is -2.40. The van der Waals surface area contributed by atoms with E-state index in [9.17, 15) is 0 Å². The van der Waals surface area contributed by atoms with Gasteiger partial charge in [0.25, 0.3) is 0 Å². The third-order valence-corrected chi connectivity index (χ3v) is 2.38. The number of β-amino-alcohol motifs (C(OH)–C–C–N with tert-alkyl or cyclic N) is 1. The van der Waals surface area contributed by atoms with Crippen molar-refractivity contribution in [3.05, 3.63) is 0 Å². The molecule has 0 aromatic heterocycles. The quantitative estimate of drug-likeness (QED) is 0.635. The predicted octanol–water partition coefficient (Wildman–Crippen LogP) is 0.0715. The molecule has 1 saturated heterocycles. The number of rotatable bonds is 3. The first kappa shape index (κ1) is 9.96. The lowest BCUT2D eigenvalue weighted by molar-refractivity contribution is 0.0754. The SMILES string of the molecule is CC(O)CN1CCCC(CO)C1. The second kappa shape index (κ2) is 4.80. The molecular formula is C9H19NO2. The van der Waals surface area contributed by atoms with E-state index in [-0.39, 0.29) is 12.7 Å². The normalized spacial score (nSPS) is 28.8. The maximum Gasteiger partial charge on any atom is 0.0639 e. The van der Waals surface area contributed by atoms with Crippen molar-refractivity contribution in [3.63, 3.8) is 0 Å². The monoisotopic (exact) mass is 173 g/mol. The van der Waals surface area contributed by atoms with Crippen LogP contribution in [-0.2, 0) is 0 Å². The van der Waals surface area contributed by atoms with Crippen LogP contribution in [0.2, 0.25) is 0 Å². The Morgan fingerprint density at radius 3 is 2.92 bits per heavy atom. The maximum atomic E-state index is 9.16. The molecule has 1 rings (SSSR count). The zero-order valence-electron chi connectivity index (χ0n) is 7.74. The summed E-state index contributed by atoms with van der Waals surface area (Å²) in [4.78, 5) is 2.23. The van der Waals surface area contributed by atoms with E-state index in [4.69, 9.17) is 10.2 Å². The highest BCUT2D eigenvalue weighted by Gasteiger charge is 2.19. The van der Waals surface area contributed by atoms with Crippen LogP contribution in [0.5, 0.6) is 0 Å². The van der Waals surface area contributed by atoms with E-state index in [0.29, 0.717) is 5.92 Å². The maximum absolute atomic E-state index is 9.16. The molecular weight excluding hydrogens is 154 g/mol. The molecule has 0 aromatic carbocycles. The molecule has 3 heteroatoms. The number of aliphatic hydroxyl groups is 2. The molecule has 1 fully saturated rings. The first-order chi connectivity index (χ1) is 5.72. The van der Waals surface area contributed by atoms with E-state index < -0.39 is 0 Å². The topological polar surface area (TPSA) is 43.7 Å². The van der Waals surface area contributed by atoms with Crippen molar-refractivity contribution in [2.45, 2.75) is 25.9 Å². The highest BCUT2D eigenvalue weighted by Crippen LogP contribution is 2.15. The van der Waals surface area contributed by atoms with Crippen molar-refractivity contribution in [1.29, 1.82) is 0 Å². The summed E-state index contributed by atoms with van der Waals surface area (Å²) in [6.07, 6.45) is 2.03. The Morgan fingerprint density at radius 2 is 2.33 bits per heavy atom. The summed E-state index contributed by atoms with van der Waals surface area (Å²) in [5.41, 5.74) is 0. The average Bonchev–Trinajstić information content (AvgIpc) is 2.03. The van der Waals surface area contributed by atoms with Gasteiger partial charge < -0.3 is 15.1 Å². The summed E-state index contributed by atoms with van der Waals surface area (Å²) in [7, 11) is 0.